The second-order valence-electron chi connectivity index (χ2n) is 3.27. The molecule has 0 spiro atoms. The number of nitrogens with one attached hydrogen (secondary N) is 1. The van der Waals surface area contributed by atoms with E-state index in [0.29, 0.717) is 13.2 Å². The van der Waals surface area contributed by atoms with Crippen LogP contribution in [0.15, 0.2) is 0 Å². The van der Waals surface area contributed by atoms with Crippen molar-refractivity contribution in [3.05, 3.63) is 0 Å². The van der Waals surface area contributed by atoms with Crippen LogP contribution in [-0.2, 0) is 9.53 Å². The summed E-state index contributed by atoms with van der Waals surface area (Å²) in [5, 5.41) is 2.87. The third-order valence-corrected chi connectivity index (χ3v) is 2.27. The molecule has 1 rings (SSSR count). The molecule has 0 aromatic heterocycles. The van der Waals surface area contributed by atoms with Crippen molar-refractivity contribution in [2.24, 2.45) is 0 Å². The molecule has 76 valence electrons. The fraction of sp³-hybridized carbons (Fsp3) is 0.889. The smallest absolute Gasteiger partial charge is 0.236 e. The second-order valence-corrected chi connectivity index (χ2v) is 3.27. The van der Waals surface area contributed by atoms with Gasteiger partial charge in [0.05, 0.1) is 19.3 Å². The zero-order valence-electron chi connectivity index (χ0n) is 8.38. The molecule has 0 aromatic carbocycles. The van der Waals surface area contributed by atoms with Crippen LogP contribution in [0.3, 0.4) is 0 Å². The van der Waals surface area contributed by atoms with E-state index in [4.69, 9.17) is 4.74 Å². The molecule has 4 nitrogen and oxygen atoms in total. The summed E-state index contributed by atoms with van der Waals surface area (Å²) in [6.07, 6.45) is 1.21. The first-order chi connectivity index (χ1) is 6.27. The number of hydrogen-bond donors (Lipinski definition) is 1. The summed E-state index contributed by atoms with van der Waals surface area (Å²) in [5.74, 6) is 0.171. The molecule has 1 heterocycles. The molecule has 1 amide bonds. The maximum atomic E-state index is 11.5. The summed E-state index contributed by atoms with van der Waals surface area (Å²) < 4.78 is 5.47. The molecule has 1 saturated heterocycles. The standard InChI is InChI=1S/C9H18N2O2/c1-3-8-7-11(4-5-13-8)9(12)6-10-2/h8,10H,3-7H2,1-2H3. The zero-order valence-corrected chi connectivity index (χ0v) is 8.38. The maximum absolute atomic E-state index is 11.5. The molecule has 0 saturated carbocycles. The van der Waals surface area contributed by atoms with E-state index >= 15 is 0 Å². The number of likely N-dealkylation sites (N-methyl/N-ethyl adjacent to an activating group) is 1. The number of amides is 1. The minimum Gasteiger partial charge on any atom is -0.375 e. The van der Waals surface area contributed by atoms with Gasteiger partial charge in [0.25, 0.3) is 0 Å². The molecule has 4 heteroatoms. The van der Waals surface area contributed by atoms with Crippen molar-refractivity contribution >= 4 is 5.91 Å². The number of rotatable bonds is 3. The van der Waals surface area contributed by atoms with Crippen LogP contribution in [0, 0.1) is 0 Å². The Labute approximate surface area is 79.2 Å². The van der Waals surface area contributed by atoms with Gasteiger partial charge in [0.2, 0.25) is 5.91 Å². The molecule has 1 N–H and O–H groups in total. The van der Waals surface area contributed by atoms with Crippen molar-refractivity contribution in [3.8, 4) is 0 Å². The third kappa shape index (κ3) is 2.97. The van der Waals surface area contributed by atoms with Gasteiger partial charge in [0.15, 0.2) is 0 Å². The highest BCUT2D eigenvalue weighted by molar-refractivity contribution is 5.78. The summed E-state index contributed by atoms with van der Waals surface area (Å²) in [6.45, 7) is 4.66. The van der Waals surface area contributed by atoms with Crippen LogP contribution in [0.1, 0.15) is 13.3 Å². The molecule has 1 fully saturated rings. The lowest BCUT2D eigenvalue weighted by molar-refractivity contribution is -0.137. The molecule has 1 unspecified atom stereocenters. The monoisotopic (exact) mass is 186 g/mol. The van der Waals surface area contributed by atoms with Crippen LogP contribution in [-0.4, -0.2) is 50.2 Å². The average molecular weight is 186 g/mol. The van der Waals surface area contributed by atoms with Crippen molar-refractivity contribution in [3.63, 3.8) is 0 Å². The van der Waals surface area contributed by atoms with E-state index in [1.54, 1.807) is 7.05 Å². The van der Waals surface area contributed by atoms with Crippen molar-refractivity contribution in [2.75, 3.05) is 33.3 Å². The topological polar surface area (TPSA) is 41.6 Å². The van der Waals surface area contributed by atoms with E-state index in [2.05, 4.69) is 12.2 Å². The van der Waals surface area contributed by atoms with Crippen LogP contribution < -0.4 is 5.32 Å². The molecule has 1 aliphatic heterocycles. The summed E-state index contributed by atoms with van der Waals surface area (Å²) in [4.78, 5) is 13.3. The van der Waals surface area contributed by atoms with Gasteiger partial charge in [0, 0.05) is 13.1 Å². The molecule has 0 aliphatic carbocycles. The molecule has 13 heavy (non-hydrogen) atoms. The van der Waals surface area contributed by atoms with E-state index in [0.717, 1.165) is 19.5 Å². The number of ether oxygens (including phenoxy) is 1. The van der Waals surface area contributed by atoms with Crippen LogP contribution in [0.4, 0.5) is 0 Å². The summed E-state index contributed by atoms with van der Waals surface area (Å²) in [6, 6.07) is 0. The van der Waals surface area contributed by atoms with Gasteiger partial charge in [0.1, 0.15) is 0 Å². The molecule has 0 aromatic rings. The van der Waals surface area contributed by atoms with Crippen LogP contribution in [0.5, 0.6) is 0 Å². The van der Waals surface area contributed by atoms with E-state index in [9.17, 15) is 4.79 Å². The summed E-state index contributed by atoms with van der Waals surface area (Å²) in [7, 11) is 1.79. The SMILES string of the molecule is CCC1CN(C(=O)CNC)CCO1. The van der Waals surface area contributed by atoms with E-state index in [1.165, 1.54) is 0 Å². The Morgan fingerprint density at radius 1 is 1.69 bits per heavy atom. The second kappa shape index (κ2) is 5.19. The molecular formula is C9H18N2O2. The molecule has 1 aliphatic rings. The highest BCUT2D eigenvalue weighted by Gasteiger charge is 2.21. The summed E-state index contributed by atoms with van der Waals surface area (Å²) >= 11 is 0. The molecular weight excluding hydrogens is 168 g/mol. The highest BCUT2D eigenvalue weighted by Crippen LogP contribution is 2.07. The van der Waals surface area contributed by atoms with Crippen molar-refractivity contribution < 1.29 is 9.53 Å². The number of hydrogen-bond acceptors (Lipinski definition) is 3. The fourth-order valence-electron chi connectivity index (χ4n) is 1.46. The Balaban J connectivity index is 2.37. The van der Waals surface area contributed by atoms with Crippen molar-refractivity contribution in [2.45, 2.75) is 19.4 Å². The Bertz CT molecular complexity index is 173. The van der Waals surface area contributed by atoms with Gasteiger partial charge in [-0.25, -0.2) is 0 Å². The van der Waals surface area contributed by atoms with Crippen LogP contribution >= 0.6 is 0 Å². The average Bonchev–Trinajstić information content (AvgIpc) is 2.18. The van der Waals surface area contributed by atoms with Crippen LogP contribution in [0.2, 0.25) is 0 Å². The third-order valence-electron chi connectivity index (χ3n) is 2.27. The van der Waals surface area contributed by atoms with E-state index < -0.39 is 0 Å². The predicted octanol–water partition coefficient (Wildman–Crippen LogP) is -0.157. The quantitative estimate of drug-likeness (QED) is 0.666. The largest absolute Gasteiger partial charge is 0.375 e. The van der Waals surface area contributed by atoms with E-state index in [1.807, 2.05) is 4.90 Å². The van der Waals surface area contributed by atoms with E-state index in [-0.39, 0.29) is 12.0 Å². The van der Waals surface area contributed by atoms with Gasteiger partial charge in [-0.05, 0) is 13.5 Å². The van der Waals surface area contributed by atoms with Crippen molar-refractivity contribution in [1.82, 2.24) is 10.2 Å². The van der Waals surface area contributed by atoms with Gasteiger partial charge in [-0.1, -0.05) is 6.92 Å². The zero-order chi connectivity index (χ0) is 9.68. The van der Waals surface area contributed by atoms with Gasteiger partial charge >= 0.3 is 0 Å². The molecule has 1 atom stereocenters. The minimum atomic E-state index is 0.171. The van der Waals surface area contributed by atoms with Gasteiger partial charge in [-0.15, -0.1) is 0 Å². The number of carbonyl (C=O) groups is 1. The Morgan fingerprint density at radius 2 is 2.46 bits per heavy atom. The molecule has 0 radical (unpaired) electrons. The fourth-order valence-corrected chi connectivity index (χ4v) is 1.46. The lowest BCUT2D eigenvalue weighted by Gasteiger charge is -2.32. The first-order valence-corrected chi connectivity index (χ1v) is 4.82. The first kappa shape index (κ1) is 10.5. The number of morpholine rings is 1. The lowest BCUT2D eigenvalue weighted by atomic mass is 10.2. The first-order valence-electron chi connectivity index (χ1n) is 4.82. The van der Waals surface area contributed by atoms with Gasteiger partial charge < -0.3 is 15.0 Å². The number of carbonyl (C=O) groups excluding carboxylic acids is 1. The predicted molar refractivity (Wildman–Crippen MR) is 50.5 cm³/mol. The molecule has 0 bridgehead atoms. The van der Waals surface area contributed by atoms with Gasteiger partial charge in [-0.3, -0.25) is 4.79 Å². The van der Waals surface area contributed by atoms with Crippen LogP contribution in [0.25, 0.3) is 0 Å². The highest BCUT2D eigenvalue weighted by atomic mass is 16.5. The lowest BCUT2D eigenvalue weighted by Crippen LogP contribution is -2.47. The van der Waals surface area contributed by atoms with Gasteiger partial charge in [-0.2, -0.15) is 0 Å². The Hall–Kier alpha value is -0.610. The maximum Gasteiger partial charge on any atom is 0.236 e. The normalized spacial score (nSPS) is 23.2. The minimum absolute atomic E-state index is 0.171. The number of nitrogens with zero attached hydrogens (tertiary/aromatic N) is 1. The van der Waals surface area contributed by atoms with Crippen molar-refractivity contribution in [1.29, 1.82) is 0 Å². The Morgan fingerprint density at radius 3 is 3.08 bits per heavy atom. The Kier molecular flexibility index (Phi) is 4.18. The summed E-state index contributed by atoms with van der Waals surface area (Å²) in [5.41, 5.74) is 0.